The number of hydrogen-bond acceptors (Lipinski definition) is 3. The van der Waals surface area contributed by atoms with Crippen LogP contribution in [-0.2, 0) is 0 Å². The third-order valence-electron chi connectivity index (χ3n) is 2.39. The highest BCUT2D eigenvalue weighted by molar-refractivity contribution is 5.83. The van der Waals surface area contributed by atoms with Gasteiger partial charge in [0.05, 0.1) is 6.20 Å². The van der Waals surface area contributed by atoms with Crippen molar-refractivity contribution in [2.75, 3.05) is 5.32 Å². The molecule has 4 heteroatoms. The fourth-order valence-electron chi connectivity index (χ4n) is 1.64. The molecule has 0 saturated heterocycles. The highest BCUT2D eigenvalue weighted by Crippen LogP contribution is 2.19. The summed E-state index contributed by atoms with van der Waals surface area (Å²) in [5, 5.41) is 4.37. The van der Waals surface area contributed by atoms with Crippen LogP contribution in [0.1, 0.15) is 0 Å². The van der Waals surface area contributed by atoms with Gasteiger partial charge in [-0.1, -0.05) is 0 Å². The zero-order chi connectivity index (χ0) is 10.8. The topological polar surface area (TPSA) is 53.6 Å². The Hall–Kier alpha value is -2.36. The number of rotatable bonds is 2. The number of H-pyrrole nitrogens is 1. The number of aromatic amines is 1. The van der Waals surface area contributed by atoms with E-state index in [-0.39, 0.29) is 0 Å². The number of nitrogens with one attached hydrogen (secondary N) is 2. The van der Waals surface area contributed by atoms with Crippen molar-refractivity contribution in [1.29, 1.82) is 0 Å². The smallest absolute Gasteiger partial charge is 0.148 e. The molecule has 2 N–H and O–H groups in total. The Kier molecular flexibility index (Phi) is 2.04. The quantitative estimate of drug-likeness (QED) is 0.683. The Labute approximate surface area is 92.4 Å². The van der Waals surface area contributed by atoms with E-state index < -0.39 is 0 Å². The van der Waals surface area contributed by atoms with Gasteiger partial charge in [0.15, 0.2) is 0 Å². The molecular weight excluding hydrogens is 200 g/mol. The first kappa shape index (κ1) is 8.91. The van der Waals surface area contributed by atoms with E-state index in [0.29, 0.717) is 0 Å². The van der Waals surface area contributed by atoms with Crippen molar-refractivity contribution in [3.05, 3.63) is 49.1 Å². The molecule has 2 aromatic heterocycles. The minimum atomic E-state index is 0.748. The predicted octanol–water partition coefficient (Wildman–Crippen LogP) is 2.70. The monoisotopic (exact) mass is 210 g/mol. The van der Waals surface area contributed by atoms with Crippen molar-refractivity contribution in [3.8, 4) is 0 Å². The summed E-state index contributed by atoms with van der Waals surface area (Å²) in [5.74, 6) is 0.748. The maximum Gasteiger partial charge on any atom is 0.148 e. The summed E-state index contributed by atoms with van der Waals surface area (Å²) in [5.41, 5.74) is 2.14. The van der Waals surface area contributed by atoms with E-state index in [9.17, 15) is 0 Å². The van der Waals surface area contributed by atoms with E-state index in [0.717, 1.165) is 17.0 Å². The van der Waals surface area contributed by atoms with Crippen LogP contribution >= 0.6 is 0 Å². The molecule has 4 nitrogen and oxygen atoms in total. The van der Waals surface area contributed by atoms with Crippen molar-refractivity contribution in [1.82, 2.24) is 15.0 Å². The summed E-state index contributed by atoms with van der Waals surface area (Å²) < 4.78 is 0. The maximum atomic E-state index is 4.16. The van der Waals surface area contributed by atoms with Crippen LogP contribution in [0.3, 0.4) is 0 Å². The summed E-state index contributed by atoms with van der Waals surface area (Å²) in [7, 11) is 0. The van der Waals surface area contributed by atoms with Crippen LogP contribution < -0.4 is 5.32 Å². The molecule has 0 saturated carbocycles. The first-order valence-electron chi connectivity index (χ1n) is 5.02. The lowest BCUT2D eigenvalue weighted by Gasteiger charge is -2.04. The van der Waals surface area contributed by atoms with Crippen LogP contribution in [0.4, 0.5) is 11.5 Å². The second-order valence-corrected chi connectivity index (χ2v) is 3.50. The lowest BCUT2D eigenvalue weighted by atomic mass is 10.2. The van der Waals surface area contributed by atoms with Gasteiger partial charge < -0.3 is 10.3 Å². The Morgan fingerprint density at radius 3 is 3.00 bits per heavy atom. The molecule has 0 amide bonds. The normalized spacial score (nSPS) is 10.5. The molecule has 0 aliphatic carbocycles. The maximum absolute atomic E-state index is 4.16. The lowest BCUT2D eigenvalue weighted by molar-refractivity contribution is 1.20. The van der Waals surface area contributed by atoms with E-state index in [4.69, 9.17) is 0 Å². The van der Waals surface area contributed by atoms with E-state index in [1.165, 1.54) is 5.39 Å². The van der Waals surface area contributed by atoms with Crippen LogP contribution in [0.2, 0.25) is 0 Å². The van der Waals surface area contributed by atoms with Gasteiger partial charge in [-0.05, 0) is 24.3 Å². The van der Waals surface area contributed by atoms with Crippen molar-refractivity contribution >= 4 is 22.4 Å². The van der Waals surface area contributed by atoms with Crippen LogP contribution in [0.25, 0.3) is 10.9 Å². The third-order valence-corrected chi connectivity index (χ3v) is 2.39. The fourth-order valence-corrected chi connectivity index (χ4v) is 1.64. The van der Waals surface area contributed by atoms with E-state index in [1.807, 2.05) is 24.4 Å². The summed E-state index contributed by atoms with van der Waals surface area (Å²) in [6.45, 7) is 0. The molecule has 0 radical (unpaired) electrons. The highest BCUT2D eigenvalue weighted by Gasteiger charge is 1.98. The predicted molar refractivity (Wildman–Crippen MR) is 63.6 cm³/mol. The lowest BCUT2D eigenvalue weighted by Crippen LogP contribution is -1.93. The van der Waals surface area contributed by atoms with Gasteiger partial charge in [0.25, 0.3) is 0 Å². The molecule has 1 aromatic carbocycles. The Morgan fingerprint density at radius 1 is 1.12 bits per heavy atom. The zero-order valence-electron chi connectivity index (χ0n) is 8.51. The summed E-state index contributed by atoms with van der Waals surface area (Å²) in [6, 6.07) is 8.15. The van der Waals surface area contributed by atoms with E-state index in [2.05, 4.69) is 26.3 Å². The number of aromatic nitrogens is 3. The molecule has 0 bridgehead atoms. The second-order valence-electron chi connectivity index (χ2n) is 3.50. The minimum Gasteiger partial charge on any atom is -0.361 e. The zero-order valence-corrected chi connectivity index (χ0v) is 8.51. The van der Waals surface area contributed by atoms with Crippen LogP contribution in [-0.4, -0.2) is 15.0 Å². The Bertz CT molecular complexity index is 600. The van der Waals surface area contributed by atoms with E-state index >= 15 is 0 Å². The van der Waals surface area contributed by atoms with Crippen LogP contribution in [0.5, 0.6) is 0 Å². The Morgan fingerprint density at radius 2 is 2.12 bits per heavy atom. The SMILES string of the molecule is c1cnc(Nc2ccc3[nH]ccc3c2)cn1. The number of nitrogens with zero attached hydrogens (tertiary/aromatic N) is 2. The summed E-state index contributed by atoms with van der Waals surface area (Å²) >= 11 is 0. The molecule has 3 aromatic rings. The van der Waals surface area contributed by atoms with E-state index in [1.54, 1.807) is 18.6 Å². The molecule has 78 valence electrons. The first-order valence-corrected chi connectivity index (χ1v) is 5.02. The molecule has 0 atom stereocenters. The van der Waals surface area contributed by atoms with Gasteiger partial charge in [-0.25, -0.2) is 4.98 Å². The van der Waals surface area contributed by atoms with Gasteiger partial charge in [0.2, 0.25) is 0 Å². The molecule has 0 unspecified atom stereocenters. The average molecular weight is 210 g/mol. The van der Waals surface area contributed by atoms with Crippen molar-refractivity contribution in [2.45, 2.75) is 0 Å². The number of benzene rings is 1. The summed E-state index contributed by atoms with van der Waals surface area (Å²) in [6.07, 6.45) is 6.94. The van der Waals surface area contributed by atoms with Crippen molar-refractivity contribution in [2.24, 2.45) is 0 Å². The second kappa shape index (κ2) is 3.66. The van der Waals surface area contributed by atoms with Gasteiger partial charge in [-0.3, -0.25) is 4.98 Å². The molecule has 16 heavy (non-hydrogen) atoms. The largest absolute Gasteiger partial charge is 0.361 e. The summed E-state index contributed by atoms with van der Waals surface area (Å²) in [4.78, 5) is 11.3. The third kappa shape index (κ3) is 1.61. The Balaban J connectivity index is 1.94. The minimum absolute atomic E-state index is 0.748. The van der Waals surface area contributed by atoms with Crippen LogP contribution in [0.15, 0.2) is 49.1 Å². The van der Waals surface area contributed by atoms with Gasteiger partial charge in [0, 0.05) is 35.2 Å². The molecule has 3 rings (SSSR count). The average Bonchev–Trinajstić information content (AvgIpc) is 2.77. The van der Waals surface area contributed by atoms with Gasteiger partial charge in [-0.15, -0.1) is 0 Å². The van der Waals surface area contributed by atoms with Gasteiger partial charge in [-0.2, -0.15) is 0 Å². The molecule has 0 fully saturated rings. The number of anilines is 2. The van der Waals surface area contributed by atoms with Crippen molar-refractivity contribution < 1.29 is 0 Å². The molecule has 0 spiro atoms. The molecule has 0 aliphatic rings. The van der Waals surface area contributed by atoms with Gasteiger partial charge >= 0.3 is 0 Å². The standard InChI is InChI=1S/C12H10N4/c1-2-11-9(3-4-14-11)7-10(1)16-12-8-13-5-6-15-12/h1-8,14H,(H,15,16). The van der Waals surface area contributed by atoms with Crippen molar-refractivity contribution in [3.63, 3.8) is 0 Å². The van der Waals surface area contributed by atoms with Gasteiger partial charge in [0.1, 0.15) is 5.82 Å². The fraction of sp³-hybridized carbons (Fsp3) is 0. The molecule has 2 heterocycles. The number of fused-ring (bicyclic) bond motifs is 1. The first-order chi connectivity index (χ1) is 7.92. The highest BCUT2D eigenvalue weighted by atomic mass is 15.0. The molecule has 0 aliphatic heterocycles. The number of hydrogen-bond donors (Lipinski definition) is 2. The van der Waals surface area contributed by atoms with Crippen LogP contribution in [0, 0.1) is 0 Å². The molecular formula is C12H10N4.